The highest BCUT2D eigenvalue weighted by Gasteiger charge is 2.29. The first-order valence-corrected chi connectivity index (χ1v) is 6.41. The lowest BCUT2D eigenvalue weighted by atomic mass is 9.88. The SMILES string of the molecule is CC/C(=C\[N+](=O)[O-])C(C)(O)CC(=O)CCC=C(C)C. The lowest BCUT2D eigenvalue weighted by molar-refractivity contribution is -0.404. The Labute approximate surface area is 114 Å². The number of Topliss-reactive ketones (excluding diaryl/α,β-unsaturated/α-hetero) is 1. The molecule has 1 atom stereocenters. The van der Waals surface area contributed by atoms with Crippen LogP contribution in [-0.4, -0.2) is 21.4 Å². The molecule has 1 unspecified atom stereocenters. The van der Waals surface area contributed by atoms with E-state index in [9.17, 15) is 20.0 Å². The molecule has 0 aliphatic rings. The molecule has 0 rings (SSSR count). The van der Waals surface area contributed by atoms with Crippen molar-refractivity contribution in [1.82, 2.24) is 0 Å². The second-order valence-electron chi connectivity index (χ2n) is 5.10. The third kappa shape index (κ3) is 7.51. The van der Waals surface area contributed by atoms with Crippen molar-refractivity contribution in [3.63, 3.8) is 0 Å². The Morgan fingerprint density at radius 3 is 2.42 bits per heavy atom. The smallest absolute Gasteiger partial charge is 0.236 e. The lowest BCUT2D eigenvalue weighted by Crippen LogP contribution is -2.30. The maximum atomic E-state index is 11.8. The molecule has 0 radical (unpaired) electrons. The van der Waals surface area contributed by atoms with E-state index >= 15 is 0 Å². The summed E-state index contributed by atoms with van der Waals surface area (Å²) in [5.41, 5.74) is -0.0285. The minimum atomic E-state index is -1.44. The number of carbonyl (C=O) groups excluding carboxylic acids is 1. The van der Waals surface area contributed by atoms with Crippen molar-refractivity contribution in [2.45, 2.75) is 59.0 Å². The van der Waals surface area contributed by atoms with E-state index in [2.05, 4.69) is 0 Å². The first kappa shape index (κ1) is 17.5. The Hall–Kier alpha value is -1.49. The molecule has 0 spiro atoms. The zero-order chi connectivity index (χ0) is 15.1. The maximum Gasteiger partial charge on any atom is 0.236 e. The van der Waals surface area contributed by atoms with Crippen LogP contribution in [0.4, 0.5) is 0 Å². The molecule has 0 heterocycles. The molecular weight excluding hydrogens is 246 g/mol. The topological polar surface area (TPSA) is 80.4 Å². The molecule has 0 amide bonds. The average molecular weight is 269 g/mol. The number of allylic oxidation sites excluding steroid dienone is 2. The summed E-state index contributed by atoms with van der Waals surface area (Å²) in [7, 11) is 0. The first-order valence-electron chi connectivity index (χ1n) is 6.41. The van der Waals surface area contributed by atoms with E-state index in [-0.39, 0.29) is 17.8 Å². The van der Waals surface area contributed by atoms with Gasteiger partial charge in [-0.2, -0.15) is 0 Å². The van der Waals surface area contributed by atoms with Crippen LogP contribution in [0.15, 0.2) is 23.4 Å². The first-order chi connectivity index (χ1) is 8.69. The van der Waals surface area contributed by atoms with Crippen molar-refractivity contribution in [3.8, 4) is 0 Å². The van der Waals surface area contributed by atoms with Gasteiger partial charge in [-0.25, -0.2) is 0 Å². The van der Waals surface area contributed by atoms with Crippen LogP contribution in [0.2, 0.25) is 0 Å². The maximum absolute atomic E-state index is 11.8. The summed E-state index contributed by atoms with van der Waals surface area (Å²) in [4.78, 5) is 21.6. The van der Waals surface area contributed by atoms with Crippen molar-refractivity contribution >= 4 is 5.78 Å². The van der Waals surface area contributed by atoms with Crippen molar-refractivity contribution in [3.05, 3.63) is 33.5 Å². The molecule has 0 aromatic carbocycles. The predicted molar refractivity (Wildman–Crippen MR) is 74.3 cm³/mol. The number of carbonyl (C=O) groups is 1. The largest absolute Gasteiger partial charge is 0.385 e. The number of nitro groups is 1. The molecule has 0 aliphatic heterocycles. The van der Waals surface area contributed by atoms with E-state index in [1.54, 1.807) is 6.92 Å². The van der Waals surface area contributed by atoms with E-state index in [0.29, 0.717) is 19.3 Å². The van der Waals surface area contributed by atoms with E-state index in [1.165, 1.54) is 6.92 Å². The molecule has 0 aromatic heterocycles. The van der Waals surface area contributed by atoms with Crippen LogP contribution in [0.3, 0.4) is 0 Å². The average Bonchev–Trinajstić information content (AvgIpc) is 2.23. The van der Waals surface area contributed by atoms with Crippen LogP contribution in [0.1, 0.15) is 53.4 Å². The molecule has 1 N–H and O–H groups in total. The summed E-state index contributed by atoms with van der Waals surface area (Å²) < 4.78 is 0. The molecule has 0 saturated carbocycles. The van der Waals surface area contributed by atoms with E-state index in [1.807, 2.05) is 19.9 Å². The van der Waals surface area contributed by atoms with E-state index in [4.69, 9.17) is 0 Å². The number of aliphatic hydroxyl groups is 1. The van der Waals surface area contributed by atoms with Crippen LogP contribution in [0, 0.1) is 10.1 Å². The number of rotatable bonds is 8. The number of hydrogen-bond donors (Lipinski definition) is 1. The van der Waals surface area contributed by atoms with Crippen LogP contribution in [0.5, 0.6) is 0 Å². The molecule has 0 aromatic rings. The van der Waals surface area contributed by atoms with Crippen LogP contribution >= 0.6 is 0 Å². The van der Waals surface area contributed by atoms with Gasteiger partial charge in [0.1, 0.15) is 5.78 Å². The molecule has 108 valence electrons. The minimum absolute atomic E-state index is 0.0862. The normalized spacial score (nSPS) is 14.7. The third-order valence-electron chi connectivity index (χ3n) is 2.85. The Balaban J connectivity index is 4.62. The molecule has 5 nitrogen and oxygen atoms in total. The number of ketones is 1. The summed E-state index contributed by atoms with van der Waals surface area (Å²) in [6.07, 6.45) is 3.99. The lowest BCUT2D eigenvalue weighted by Gasteiger charge is -2.23. The van der Waals surface area contributed by atoms with Gasteiger partial charge in [-0.05, 0) is 33.6 Å². The summed E-state index contributed by atoms with van der Waals surface area (Å²) in [6, 6.07) is 0. The molecule has 5 heteroatoms. The summed E-state index contributed by atoms with van der Waals surface area (Å²) in [6.45, 7) is 7.08. The Bertz CT molecular complexity index is 390. The van der Waals surface area contributed by atoms with Gasteiger partial charge in [0.15, 0.2) is 0 Å². The van der Waals surface area contributed by atoms with Gasteiger partial charge in [-0.1, -0.05) is 18.6 Å². The van der Waals surface area contributed by atoms with Crippen molar-refractivity contribution in [2.24, 2.45) is 0 Å². The fourth-order valence-corrected chi connectivity index (χ4v) is 1.85. The zero-order valence-electron chi connectivity index (χ0n) is 12.1. The van der Waals surface area contributed by atoms with Gasteiger partial charge in [0.25, 0.3) is 0 Å². The van der Waals surface area contributed by atoms with Crippen LogP contribution < -0.4 is 0 Å². The van der Waals surface area contributed by atoms with Gasteiger partial charge in [0.2, 0.25) is 6.20 Å². The Morgan fingerprint density at radius 2 is 2.00 bits per heavy atom. The van der Waals surface area contributed by atoms with Gasteiger partial charge >= 0.3 is 0 Å². The van der Waals surface area contributed by atoms with Crippen molar-refractivity contribution in [2.75, 3.05) is 0 Å². The van der Waals surface area contributed by atoms with E-state index < -0.39 is 10.5 Å². The van der Waals surface area contributed by atoms with E-state index in [0.717, 1.165) is 11.8 Å². The fraction of sp³-hybridized carbons (Fsp3) is 0.643. The standard InChI is InChI=1S/C14H23NO4/c1-5-12(10-15(18)19)14(4,17)9-13(16)8-6-7-11(2)3/h7,10,17H,5-6,8-9H2,1-4H3/b12-10+. The van der Waals surface area contributed by atoms with Gasteiger partial charge in [0, 0.05) is 18.4 Å². The molecule has 0 fully saturated rings. The fourth-order valence-electron chi connectivity index (χ4n) is 1.85. The Morgan fingerprint density at radius 1 is 1.42 bits per heavy atom. The van der Waals surface area contributed by atoms with Crippen LogP contribution in [-0.2, 0) is 4.79 Å². The van der Waals surface area contributed by atoms with Gasteiger partial charge in [-0.3, -0.25) is 14.9 Å². The van der Waals surface area contributed by atoms with Gasteiger partial charge in [0.05, 0.1) is 10.5 Å². The molecule has 0 saturated heterocycles. The zero-order valence-corrected chi connectivity index (χ0v) is 12.1. The highest BCUT2D eigenvalue weighted by molar-refractivity contribution is 5.80. The molecule has 19 heavy (non-hydrogen) atoms. The Kier molecular flexibility index (Phi) is 7.22. The molecular formula is C14H23NO4. The van der Waals surface area contributed by atoms with Gasteiger partial charge < -0.3 is 5.11 Å². The minimum Gasteiger partial charge on any atom is -0.385 e. The second-order valence-corrected chi connectivity index (χ2v) is 5.10. The predicted octanol–water partition coefficient (Wildman–Crippen LogP) is 3.01. The summed E-state index contributed by atoms with van der Waals surface area (Å²) in [5.74, 6) is -0.0924. The summed E-state index contributed by atoms with van der Waals surface area (Å²) >= 11 is 0. The van der Waals surface area contributed by atoms with Crippen molar-refractivity contribution in [1.29, 1.82) is 0 Å². The highest BCUT2D eigenvalue weighted by Crippen LogP contribution is 2.24. The van der Waals surface area contributed by atoms with Crippen LogP contribution in [0.25, 0.3) is 0 Å². The van der Waals surface area contributed by atoms with Gasteiger partial charge in [-0.15, -0.1) is 0 Å². The monoisotopic (exact) mass is 269 g/mol. The quantitative estimate of drug-likeness (QED) is 0.417. The molecule has 0 bridgehead atoms. The number of nitrogens with zero attached hydrogens (tertiary/aromatic N) is 1. The number of hydrogen-bond acceptors (Lipinski definition) is 4. The third-order valence-corrected chi connectivity index (χ3v) is 2.85. The highest BCUT2D eigenvalue weighted by atomic mass is 16.6. The van der Waals surface area contributed by atoms with Crippen molar-refractivity contribution < 1.29 is 14.8 Å². The second kappa shape index (κ2) is 7.84. The molecule has 0 aliphatic carbocycles. The summed E-state index contributed by atoms with van der Waals surface area (Å²) in [5, 5.41) is 20.7.